The molecular formula is C15H17N3O4S. The van der Waals surface area contributed by atoms with E-state index in [-0.39, 0.29) is 6.61 Å². The van der Waals surface area contributed by atoms with Crippen molar-refractivity contribution in [3.8, 4) is 5.88 Å². The number of esters is 1. The minimum Gasteiger partial charge on any atom is -0.480 e. The Morgan fingerprint density at radius 2 is 2.09 bits per heavy atom. The van der Waals surface area contributed by atoms with Crippen LogP contribution in [0.25, 0.3) is 0 Å². The smallest absolute Gasteiger partial charge is 0.328 e. The van der Waals surface area contributed by atoms with E-state index in [0.29, 0.717) is 17.2 Å². The number of hydrogen-bond donors (Lipinski definition) is 1. The van der Waals surface area contributed by atoms with Crippen LogP contribution in [0.2, 0.25) is 0 Å². The molecule has 2 rings (SSSR count). The summed E-state index contributed by atoms with van der Waals surface area (Å²) < 4.78 is 13.9. The first kappa shape index (κ1) is 16.9. The van der Waals surface area contributed by atoms with Crippen molar-refractivity contribution in [2.75, 3.05) is 13.7 Å². The van der Waals surface area contributed by atoms with E-state index in [2.05, 4.69) is 14.7 Å². The standard InChI is InChI=1S/C15H17N3O4S/c1-3-22-15(20)11(8-10-4-6-16-7-5-10)17-14(19)12-9-13(21-2)18-23-12/h4-7,9,11H,3,8H2,1-2H3,(H,17,19). The number of carbonyl (C=O) groups excluding carboxylic acids is 2. The Morgan fingerprint density at radius 3 is 2.70 bits per heavy atom. The molecule has 0 saturated heterocycles. The van der Waals surface area contributed by atoms with Gasteiger partial charge in [-0.15, -0.1) is 0 Å². The fourth-order valence-electron chi connectivity index (χ4n) is 1.88. The minimum atomic E-state index is -0.780. The summed E-state index contributed by atoms with van der Waals surface area (Å²) in [7, 11) is 1.47. The second-order valence-corrected chi connectivity index (χ2v) is 5.38. The van der Waals surface area contributed by atoms with Gasteiger partial charge in [0.05, 0.1) is 13.7 Å². The molecule has 0 bridgehead atoms. The van der Waals surface area contributed by atoms with Gasteiger partial charge in [0.1, 0.15) is 10.9 Å². The Bertz CT molecular complexity index is 660. The summed E-state index contributed by atoms with van der Waals surface area (Å²) in [4.78, 5) is 28.7. The largest absolute Gasteiger partial charge is 0.480 e. The number of aromatic nitrogens is 2. The van der Waals surface area contributed by atoms with Gasteiger partial charge in [-0.1, -0.05) is 0 Å². The number of amides is 1. The molecule has 0 radical (unpaired) electrons. The molecule has 0 aliphatic heterocycles. The van der Waals surface area contributed by atoms with E-state index in [1.165, 1.54) is 13.2 Å². The van der Waals surface area contributed by atoms with Crippen LogP contribution in [0, 0.1) is 0 Å². The average molecular weight is 335 g/mol. The lowest BCUT2D eigenvalue weighted by molar-refractivity contribution is -0.145. The van der Waals surface area contributed by atoms with Gasteiger partial charge < -0.3 is 14.8 Å². The third-order valence-corrected chi connectivity index (χ3v) is 3.76. The topological polar surface area (TPSA) is 90.4 Å². The first-order valence-electron chi connectivity index (χ1n) is 7.01. The van der Waals surface area contributed by atoms with Crippen molar-refractivity contribution in [2.45, 2.75) is 19.4 Å². The van der Waals surface area contributed by atoms with Gasteiger partial charge in [0, 0.05) is 24.9 Å². The van der Waals surface area contributed by atoms with Crippen LogP contribution in [0.5, 0.6) is 5.88 Å². The maximum absolute atomic E-state index is 12.3. The highest BCUT2D eigenvalue weighted by Crippen LogP contribution is 2.16. The van der Waals surface area contributed by atoms with E-state index in [1.807, 2.05) is 0 Å². The average Bonchev–Trinajstić information content (AvgIpc) is 3.04. The fraction of sp³-hybridized carbons (Fsp3) is 0.333. The van der Waals surface area contributed by atoms with Crippen LogP contribution in [0.15, 0.2) is 30.6 Å². The fourth-order valence-corrected chi connectivity index (χ4v) is 2.49. The Balaban J connectivity index is 2.10. The van der Waals surface area contributed by atoms with Crippen LogP contribution in [0.4, 0.5) is 0 Å². The zero-order valence-electron chi connectivity index (χ0n) is 12.8. The van der Waals surface area contributed by atoms with Crippen molar-refractivity contribution >= 4 is 23.4 Å². The molecule has 7 nitrogen and oxygen atoms in total. The van der Waals surface area contributed by atoms with Crippen LogP contribution < -0.4 is 10.1 Å². The second kappa shape index (κ2) is 8.23. The summed E-state index contributed by atoms with van der Waals surface area (Å²) in [6, 6.07) is 4.31. The number of pyridine rings is 1. The molecule has 2 aromatic rings. The molecule has 23 heavy (non-hydrogen) atoms. The van der Waals surface area contributed by atoms with Crippen LogP contribution in [0.3, 0.4) is 0 Å². The molecule has 0 fully saturated rings. The molecule has 8 heteroatoms. The predicted octanol–water partition coefficient (Wildman–Crippen LogP) is 1.45. The van der Waals surface area contributed by atoms with Crippen LogP contribution in [-0.4, -0.2) is 41.0 Å². The van der Waals surface area contributed by atoms with Crippen molar-refractivity contribution in [1.29, 1.82) is 0 Å². The first-order chi connectivity index (χ1) is 11.1. The monoisotopic (exact) mass is 335 g/mol. The van der Waals surface area contributed by atoms with E-state index in [9.17, 15) is 9.59 Å². The predicted molar refractivity (Wildman–Crippen MR) is 84.5 cm³/mol. The highest BCUT2D eigenvalue weighted by atomic mass is 32.1. The molecule has 2 heterocycles. The van der Waals surface area contributed by atoms with Crippen molar-refractivity contribution in [2.24, 2.45) is 0 Å². The minimum absolute atomic E-state index is 0.246. The van der Waals surface area contributed by atoms with Crippen LogP contribution in [-0.2, 0) is 16.0 Å². The molecule has 2 aromatic heterocycles. The molecule has 1 atom stereocenters. The highest BCUT2D eigenvalue weighted by Gasteiger charge is 2.24. The number of hydrogen-bond acceptors (Lipinski definition) is 7. The molecular weight excluding hydrogens is 318 g/mol. The molecule has 0 aromatic carbocycles. The number of nitrogens with zero attached hydrogens (tertiary/aromatic N) is 2. The number of carbonyl (C=O) groups is 2. The normalized spacial score (nSPS) is 11.6. The molecule has 122 valence electrons. The summed E-state index contributed by atoms with van der Waals surface area (Å²) in [6.07, 6.45) is 3.59. The summed E-state index contributed by atoms with van der Waals surface area (Å²) in [5, 5.41) is 2.68. The zero-order valence-corrected chi connectivity index (χ0v) is 13.6. The van der Waals surface area contributed by atoms with E-state index in [1.54, 1.807) is 31.5 Å². The molecule has 1 N–H and O–H groups in total. The highest BCUT2D eigenvalue weighted by molar-refractivity contribution is 7.08. The van der Waals surface area contributed by atoms with E-state index < -0.39 is 17.9 Å². The van der Waals surface area contributed by atoms with Crippen LogP contribution >= 0.6 is 11.5 Å². The molecule has 1 unspecified atom stereocenters. The zero-order chi connectivity index (χ0) is 16.7. The lowest BCUT2D eigenvalue weighted by atomic mass is 10.1. The molecule has 0 spiro atoms. The van der Waals surface area contributed by atoms with Crippen LogP contribution in [0.1, 0.15) is 22.2 Å². The Hall–Kier alpha value is -2.48. The maximum atomic E-state index is 12.3. The molecule has 0 saturated carbocycles. The van der Waals surface area contributed by atoms with Crippen molar-refractivity contribution in [3.63, 3.8) is 0 Å². The van der Waals surface area contributed by atoms with Gasteiger partial charge in [0.15, 0.2) is 0 Å². The lowest BCUT2D eigenvalue weighted by Crippen LogP contribution is -2.43. The number of nitrogens with one attached hydrogen (secondary N) is 1. The van der Waals surface area contributed by atoms with Crippen molar-refractivity contribution < 1.29 is 19.1 Å². The number of methoxy groups -OCH3 is 1. The van der Waals surface area contributed by atoms with Gasteiger partial charge in [0.2, 0.25) is 5.88 Å². The Kier molecular flexibility index (Phi) is 6.04. The third kappa shape index (κ3) is 4.75. The summed E-state index contributed by atoms with van der Waals surface area (Å²) in [5.74, 6) is -0.506. The third-order valence-electron chi connectivity index (χ3n) is 2.99. The molecule has 0 aliphatic carbocycles. The van der Waals surface area contributed by atoms with Gasteiger partial charge in [-0.05, 0) is 36.2 Å². The van der Waals surface area contributed by atoms with Gasteiger partial charge in [0.25, 0.3) is 5.91 Å². The van der Waals surface area contributed by atoms with Gasteiger partial charge in [-0.3, -0.25) is 9.78 Å². The number of ether oxygens (including phenoxy) is 2. The lowest BCUT2D eigenvalue weighted by Gasteiger charge is -2.16. The quantitative estimate of drug-likeness (QED) is 0.770. The van der Waals surface area contributed by atoms with Gasteiger partial charge in [-0.2, -0.15) is 4.37 Å². The van der Waals surface area contributed by atoms with Gasteiger partial charge in [-0.25, -0.2) is 4.79 Å². The maximum Gasteiger partial charge on any atom is 0.328 e. The SMILES string of the molecule is CCOC(=O)C(Cc1ccncc1)NC(=O)c1cc(OC)ns1. The summed E-state index contributed by atoms with van der Waals surface area (Å²) in [6.45, 7) is 1.97. The number of rotatable bonds is 7. The van der Waals surface area contributed by atoms with E-state index in [4.69, 9.17) is 9.47 Å². The van der Waals surface area contributed by atoms with E-state index >= 15 is 0 Å². The van der Waals surface area contributed by atoms with Gasteiger partial charge >= 0.3 is 5.97 Å². The van der Waals surface area contributed by atoms with Crippen molar-refractivity contribution in [3.05, 3.63) is 41.0 Å². The Morgan fingerprint density at radius 1 is 1.35 bits per heavy atom. The molecule has 1 amide bonds. The Labute approximate surface area is 137 Å². The van der Waals surface area contributed by atoms with Crippen molar-refractivity contribution in [1.82, 2.24) is 14.7 Å². The van der Waals surface area contributed by atoms with E-state index in [0.717, 1.165) is 17.1 Å². The summed E-state index contributed by atoms with van der Waals surface area (Å²) >= 11 is 1.01. The molecule has 0 aliphatic rings. The summed E-state index contributed by atoms with van der Waals surface area (Å²) in [5.41, 5.74) is 0.875. The first-order valence-corrected chi connectivity index (χ1v) is 7.78. The second-order valence-electron chi connectivity index (χ2n) is 4.57.